The van der Waals surface area contributed by atoms with E-state index >= 15 is 0 Å². The Labute approximate surface area is 107 Å². The van der Waals surface area contributed by atoms with E-state index in [0.29, 0.717) is 24.6 Å². The largest absolute Gasteiger partial charge is 0.489 e. The number of hydrogen-bond donors (Lipinski definition) is 2. The lowest BCUT2D eigenvalue weighted by atomic mass is 10.3. The zero-order valence-electron chi connectivity index (χ0n) is 11.0. The van der Waals surface area contributed by atoms with Crippen LogP contribution in [0.3, 0.4) is 0 Å². The summed E-state index contributed by atoms with van der Waals surface area (Å²) in [4.78, 5) is 11.6. The molecular formula is C13H20N2O3. The van der Waals surface area contributed by atoms with Gasteiger partial charge in [0.25, 0.3) is 0 Å². The number of ether oxygens (including phenoxy) is 2. The summed E-state index contributed by atoms with van der Waals surface area (Å²) in [6.45, 7) is 4.83. The molecule has 0 atom stereocenters. The van der Waals surface area contributed by atoms with Crippen molar-refractivity contribution < 1.29 is 14.3 Å². The van der Waals surface area contributed by atoms with Gasteiger partial charge in [0.15, 0.2) is 0 Å². The number of carbonyl (C=O) groups is 1. The summed E-state index contributed by atoms with van der Waals surface area (Å²) < 4.78 is 10.5. The number of methoxy groups -OCH3 is 1. The first-order valence-corrected chi connectivity index (χ1v) is 5.93. The van der Waals surface area contributed by atoms with E-state index in [-0.39, 0.29) is 12.1 Å². The molecule has 2 amide bonds. The van der Waals surface area contributed by atoms with Crippen LogP contribution in [0.2, 0.25) is 0 Å². The van der Waals surface area contributed by atoms with Crippen LogP contribution in [-0.2, 0) is 4.74 Å². The maximum Gasteiger partial charge on any atom is 0.319 e. The molecule has 0 fully saturated rings. The number of carbonyl (C=O) groups excluding carboxylic acids is 1. The van der Waals surface area contributed by atoms with Gasteiger partial charge in [0.1, 0.15) is 5.75 Å². The second-order valence-corrected chi connectivity index (χ2v) is 4.04. The number of rotatable bonds is 6. The quantitative estimate of drug-likeness (QED) is 0.763. The smallest absolute Gasteiger partial charge is 0.319 e. The van der Waals surface area contributed by atoms with Gasteiger partial charge in [-0.25, -0.2) is 4.79 Å². The molecule has 5 nitrogen and oxygen atoms in total. The first-order chi connectivity index (χ1) is 8.63. The highest BCUT2D eigenvalue weighted by Crippen LogP contribution is 2.24. The van der Waals surface area contributed by atoms with Crippen molar-refractivity contribution in [2.45, 2.75) is 20.0 Å². The van der Waals surface area contributed by atoms with E-state index in [9.17, 15) is 4.79 Å². The Balaban J connectivity index is 2.57. The van der Waals surface area contributed by atoms with Gasteiger partial charge in [0, 0.05) is 13.7 Å². The molecular weight excluding hydrogens is 232 g/mol. The van der Waals surface area contributed by atoms with E-state index in [1.54, 1.807) is 13.2 Å². The number of nitrogens with one attached hydrogen (secondary N) is 2. The van der Waals surface area contributed by atoms with Crippen LogP contribution in [0.15, 0.2) is 24.3 Å². The van der Waals surface area contributed by atoms with Crippen molar-refractivity contribution in [3.8, 4) is 5.75 Å². The molecule has 1 rings (SSSR count). The second kappa shape index (κ2) is 7.55. The summed E-state index contributed by atoms with van der Waals surface area (Å²) in [6, 6.07) is 7.06. The molecule has 0 saturated carbocycles. The van der Waals surface area contributed by atoms with Gasteiger partial charge < -0.3 is 20.1 Å². The van der Waals surface area contributed by atoms with Crippen LogP contribution in [0.25, 0.3) is 0 Å². The van der Waals surface area contributed by atoms with Crippen molar-refractivity contribution in [2.24, 2.45) is 0 Å². The molecule has 0 spiro atoms. The molecule has 0 radical (unpaired) electrons. The van der Waals surface area contributed by atoms with Gasteiger partial charge in [0.2, 0.25) is 0 Å². The van der Waals surface area contributed by atoms with Crippen LogP contribution in [-0.4, -0.2) is 32.4 Å². The van der Waals surface area contributed by atoms with Crippen LogP contribution in [0.5, 0.6) is 5.75 Å². The molecule has 5 heteroatoms. The zero-order chi connectivity index (χ0) is 13.4. The van der Waals surface area contributed by atoms with E-state index in [1.807, 2.05) is 32.0 Å². The van der Waals surface area contributed by atoms with Crippen molar-refractivity contribution in [1.29, 1.82) is 0 Å². The monoisotopic (exact) mass is 252 g/mol. The normalized spacial score (nSPS) is 10.2. The third kappa shape index (κ3) is 5.05. The zero-order valence-corrected chi connectivity index (χ0v) is 11.0. The minimum Gasteiger partial charge on any atom is -0.489 e. The molecule has 0 aliphatic rings. The maximum atomic E-state index is 11.6. The molecule has 100 valence electrons. The fraction of sp³-hybridized carbons (Fsp3) is 0.462. The molecule has 1 aromatic rings. The molecule has 18 heavy (non-hydrogen) atoms. The highest BCUT2D eigenvalue weighted by Gasteiger charge is 2.07. The van der Waals surface area contributed by atoms with Gasteiger partial charge in [-0.3, -0.25) is 0 Å². The molecule has 0 heterocycles. The Morgan fingerprint density at radius 1 is 1.33 bits per heavy atom. The van der Waals surface area contributed by atoms with E-state index in [1.165, 1.54) is 0 Å². The molecule has 2 N–H and O–H groups in total. The fourth-order valence-electron chi connectivity index (χ4n) is 1.36. The van der Waals surface area contributed by atoms with Gasteiger partial charge in [-0.15, -0.1) is 0 Å². The van der Waals surface area contributed by atoms with Crippen LogP contribution < -0.4 is 15.4 Å². The second-order valence-electron chi connectivity index (χ2n) is 4.04. The molecule has 0 aromatic heterocycles. The maximum absolute atomic E-state index is 11.6. The number of benzene rings is 1. The van der Waals surface area contributed by atoms with E-state index in [0.717, 1.165) is 0 Å². The standard InChI is InChI=1S/C13H20N2O3/c1-10(2)18-12-7-5-4-6-11(12)15-13(16)14-8-9-17-3/h4-7,10H,8-9H2,1-3H3,(H2,14,15,16). The predicted molar refractivity (Wildman–Crippen MR) is 71.1 cm³/mol. The number of hydrogen-bond acceptors (Lipinski definition) is 3. The molecule has 0 aliphatic heterocycles. The van der Waals surface area contributed by atoms with Gasteiger partial charge in [-0.05, 0) is 26.0 Å². The predicted octanol–water partition coefficient (Wildman–Crippen LogP) is 2.24. The Kier molecular flexibility index (Phi) is 6.00. The Morgan fingerprint density at radius 2 is 2.06 bits per heavy atom. The third-order valence-electron chi connectivity index (χ3n) is 2.09. The van der Waals surface area contributed by atoms with Crippen molar-refractivity contribution in [3.05, 3.63) is 24.3 Å². The number of urea groups is 1. The lowest BCUT2D eigenvalue weighted by Crippen LogP contribution is -2.31. The van der Waals surface area contributed by atoms with E-state index in [2.05, 4.69) is 10.6 Å². The van der Waals surface area contributed by atoms with Crippen molar-refractivity contribution >= 4 is 11.7 Å². The van der Waals surface area contributed by atoms with Gasteiger partial charge in [0.05, 0.1) is 18.4 Å². The Morgan fingerprint density at radius 3 is 2.72 bits per heavy atom. The average molecular weight is 252 g/mol. The number of amides is 2. The van der Waals surface area contributed by atoms with Crippen LogP contribution in [0.1, 0.15) is 13.8 Å². The van der Waals surface area contributed by atoms with Gasteiger partial charge in [-0.2, -0.15) is 0 Å². The van der Waals surface area contributed by atoms with Crippen molar-refractivity contribution in [3.63, 3.8) is 0 Å². The van der Waals surface area contributed by atoms with Gasteiger partial charge in [-0.1, -0.05) is 12.1 Å². The Bertz CT molecular complexity index is 380. The molecule has 1 aromatic carbocycles. The Hall–Kier alpha value is -1.75. The highest BCUT2D eigenvalue weighted by molar-refractivity contribution is 5.90. The molecule has 0 unspecified atom stereocenters. The van der Waals surface area contributed by atoms with Crippen LogP contribution in [0, 0.1) is 0 Å². The molecule has 0 aliphatic carbocycles. The number of anilines is 1. The number of para-hydroxylation sites is 2. The first kappa shape index (κ1) is 14.3. The summed E-state index contributed by atoms with van der Waals surface area (Å²) in [7, 11) is 1.59. The summed E-state index contributed by atoms with van der Waals surface area (Å²) >= 11 is 0. The van der Waals surface area contributed by atoms with Crippen molar-refractivity contribution in [1.82, 2.24) is 5.32 Å². The van der Waals surface area contributed by atoms with Crippen molar-refractivity contribution in [2.75, 3.05) is 25.6 Å². The SMILES string of the molecule is COCCNC(=O)Nc1ccccc1OC(C)C. The molecule has 0 bridgehead atoms. The topological polar surface area (TPSA) is 59.6 Å². The fourth-order valence-corrected chi connectivity index (χ4v) is 1.36. The minimum absolute atomic E-state index is 0.0597. The van der Waals surface area contributed by atoms with E-state index < -0.39 is 0 Å². The molecule has 0 saturated heterocycles. The van der Waals surface area contributed by atoms with Crippen LogP contribution >= 0.6 is 0 Å². The summed E-state index contributed by atoms with van der Waals surface area (Å²) in [6.07, 6.45) is 0.0597. The summed E-state index contributed by atoms with van der Waals surface area (Å²) in [5.41, 5.74) is 0.654. The van der Waals surface area contributed by atoms with Gasteiger partial charge >= 0.3 is 6.03 Å². The summed E-state index contributed by atoms with van der Waals surface area (Å²) in [5.74, 6) is 0.661. The van der Waals surface area contributed by atoms with E-state index in [4.69, 9.17) is 9.47 Å². The van der Waals surface area contributed by atoms with Crippen LogP contribution in [0.4, 0.5) is 10.5 Å². The third-order valence-corrected chi connectivity index (χ3v) is 2.09. The highest BCUT2D eigenvalue weighted by atomic mass is 16.5. The summed E-state index contributed by atoms with van der Waals surface area (Å²) in [5, 5.41) is 5.43. The first-order valence-electron chi connectivity index (χ1n) is 5.93. The average Bonchev–Trinajstić information content (AvgIpc) is 2.31. The lowest BCUT2D eigenvalue weighted by Gasteiger charge is -2.15. The lowest BCUT2D eigenvalue weighted by molar-refractivity contribution is 0.198. The minimum atomic E-state index is -0.271.